The summed E-state index contributed by atoms with van der Waals surface area (Å²) in [7, 11) is 0. The maximum absolute atomic E-state index is 3.87. The molecule has 0 fully saturated rings. The van der Waals surface area contributed by atoms with Crippen LogP contribution in [0.1, 0.15) is 34.5 Å². The number of aryl methyl sites for hydroxylation is 1. The first-order valence-electron chi connectivity index (χ1n) is 14.8. The number of hydrogen-bond donors (Lipinski definition) is 3. The molecule has 43 heavy (non-hydrogen) atoms. The lowest BCUT2D eigenvalue weighted by Crippen LogP contribution is -2.37. The van der Waals surface area contributed by atoms with Crippen molar-refractivity contribution in [3.05, 3.63) is 162 Å². The Hall–Kier alpha value is -4.90. The van der Waals surface area contributed by atoms with Crippen LogP contribution in [0, 0.1) is 6.92 Å². The zero-order valence-corrected chi connectivity index (χ0v) is 24.7. The minimum absolute atomic E-state index is 0.0128. The van der Waals surface area contributed by atoms with Crippen LogP contribution >= 0.6 is 11.3 Å². The third-order valence-electron chi connectivity index (χ3n) is 8.46. The molecule has 0 bridgehead atoms. The van der Waals surface area contributed by atoms with Crippen LogP contribution in [0.3, 0.4) is 0 Å². The Labute approximate surface area is 255 Å². The van der Waals surface area contributed by atoms with E-state index in [4.69, 9.17) is 0 Å². The Bertz CT molecular complexity index is 2060. The first-order valence-corrected chi connectivity index (χ1v) is 15.6. The minimum Gasteiger partial charge on any atom is -0.366 e. The summed E-state index contributed by atoms with van der Waals surface area (Å²) >= 11 is 1.85. The predicted molar refractivity (Wildman–Crippen MR) is 183 cm³/mol. The highest BCUT2D eigenvalue weighted by Gasteiger charge is 2.27. The zero-order chi connectivity index (χ0) is 28.8. The van der Waals surface area contributed by atoms with E-state index < -0.39 is 0 Å². The van der Waals surface area contributed by atoms with Gasteiger partial charge in [0.1, 0.15) is 6.17 Å². The van der Waals surface area contributed by atoms with E-state index in [-0.39, 0.29) is 12.2 Å². The number of anilines is 3. The van der Waals surface area contributed by atoms with Gasteiger partial charge in [0.2, 0.25) is 0 Å². The summed E-state index contributed by atoms with van der Waals surface area (Å²) in [5, 5.41) is 14.0. The smallest absolute Gasteiger partial charge is 0.104 e. The maximum atomic E-state index is 3.87. The van der Waals surface area contributed by atoms with E-state index >= 15 is 0 Å². The highest BCUT2D eigenvalue weighted by atomic mass is 32.1. The van der Waals surface area contributed by atoms with Crippen LogP contribution in [0.5, 0.6) is 0 Å². The molecule has 1 aliphatic rings. The van der Waals surface area contributed by atoms with Crippen molar-refractivity contribution in [2.75, 3.05) is 10.6 Å². The van der Waals surface area contributed by atoms with E-state index in [2.05, 4.69) is 162 Å². The predicted octanol–water partition coefficient (Wildman–Crippen LogP) is 10.6. The number of rotatable bonds is 5. The van der Waals surface area contributed by atoms with E-state index in [1.54, 1.807) is 0 Å². The molecule has 0 radical (unpaired) electrons. The van der Waals surface area contributed by atoms with E-state index in [1.165, 1.54) is 59.2 Å². The Morgan fingerprint density at radius 2 is 1.35 bits per heavy atom. The molecule has 3 N–H and O–H groups in total. The van der Waals surface area contributed by atoms with Gasteiger partial charge in [-0.3, -0.25) is 5.32 Å². The molecule has 0 saturated heterocycles. The number of para-hydroxylation sites is 1. The third kappa shape index (κ3) is 4.75. The monoisotopic (exact) mass is 573 g/mol. The molecule has 6 aromatic carbocycles. The minimum atomic E-state index is -0.0128. The van der Waals surface area contributed by atoms with E-state index in [0.29, 0.717) is 0 Å². The van der Waals surface area contributed by atoms with Crippen molar-refractivity contribution in [2.45, 2.75) is 19.1 Å². The van der Waals surface area contributed by atoms with E-state index in [9.17, 15) is 0 Å². The van der Waals surface area contributed by atoms with Crippen molar-refractivity contribution in [3.8, 4) is 11.1 Å². The molecule has 7 aromatic rings. The molecule has 2 unspecified atom stereocenters. The van der Waals surface area contributed by atoms with E-state index in [0.717, 1.165) is 11.4 Å². The normalized spacial score (nSPS) is 16.1. The fraction of sp³-hybridized carbons (Fsp3) is 0.0769. The topological polar surface area (TPSA) is 36.1 Å². The molecular weight excluding hydrogens is 543 g/mol. The van der Waals surface area contributed by atoms with Crippen LogP contribution in [0.4, 0.5) is 17.1 Å². The summed E-state index contributed by atoms with van der Waals surface area (Å²) in [5.74, 6) is 0. The molecular formula is C39H31N3S. The van der Waals surface area contributed by atoms with Gasteiger partial charge >= 0.3 is 0 Å². The lowest BCUT2D eigenvalue weighted by Gasteiger charge is -2.35. The summed E-state index contributed by atoms with van der Waals surface area (Å²) in [4.78, 5) is 0. The van der Waals surface area contributed by atoms with Crippen LogP contribution < -0.4 is 16.0 Å². The van der Waals surface area contributed by atoms with Crippen LogP contribution in [-0.4, -0.2) is 0 Å². The Morgan fingerprint density at radius 3 is 2.19 bits per heavy atom. The van der Waals surface area contributed by atoms with Crippen LogP contribution in [-0.2, 0) is 0 Å². The molecule has 1 aliphatic heterocycles. The molecule has 208 valence electrons. The Balaban J connectivity index is 1.15. The van der Waals surface area contributed by atoms with Crippen molar-refractivity contribution in [3.63, 3.8) is 0 Å². The second-order valence-electron chi connectivity index (χ2n) is 11.3. The molecule has 3 nitrogen and oxygen atoms in total. The molecule has 1 aromatic heterocycles. The van der Waals surface area contributed by atoms with Crippen LogP contribution in [0.25, 0.3) is 31.3 Å². The number of hydrogen-bond acceptors (Lipinski definition) is 4. The van der Waals surface area contributed by atoms with Crippen molar-refractivity contribution in [2.24, 2.45) is 0 Å². The maximum Gasteiger partial charge on any atom is 0.104 e. The van der Waals surface area contributed by atoms with Gasteiger partial charge in [0.15, 0.2) is 0 Å². The second kappa shape index (κ2) is 10.7. The molecule has 8 rings (SSSR count). The molecule has 0 aliphatic carbocycles. The highest BCUT2D eigenvalue weighted by molar-refractivity contribution is 7.26. The molecule has 4 heteroatoms. The van der Waals surface area contributed by atoms with Crippen LogP contribution in [0.2, 0.25) is 0 Å². The summed E-state index contributed by atoms with van der Waals surface area (Å²) in [5.41, 5.74) is 10.8. The molecule has 0 spiro atoms. The highest BCUT2D eigenvalue weighted by Crippen LogP contribution is 2.44. The quantitative estimate of drug-likeness (QED) is 0.192. The third-order valence-corrected chi connectivity index (χ3v) is 9.66. The number of benzene rings is 6. The Kier molecular flexibility index (Phi) is 6.44. The van der Waals surface area contributed by atoms with Gasteiger partial charge in [-0.15, -0.1) is 11.3 Å². The lowest BCUT2D eigenvalue weighted by molar-refractivity contribution is 0.506. The average Bonchev–Trinajstić information content (AvgIpc) is 3.45. The Morgan fingerprint density at radius 1 is 0.628 bits per heavy atom. The van der Waals surface area contributed by atoms with Gasteiger partial charge < -0.3 is 10.6 Å². The first kappa shape index (κ1) is 25.8. The standard InChI is InChI=1S/C39H31N3S/c1-25-15-17-27(18-16-25)36-33-12-5-7-13-34(33)41-39(42-36)28-19-21-29(22-20-28)40-37-30(26-9-3-2-4-10-26)23-24-32-31-11-6-8-14-35(31)43-38(32)37/h2-24,36,39-42H,1H3. The SMILES string of the molecule is Cc1ccc(C2NC(c3ccc(Nc4c(-c5ccccc5)ccc5c4sc4ccccc45)cc3)Nc3ccccc32)cc1. The molecule has 2 atom stereocenters. The number of thiophene rings is 1. The number of nitrogens with one attached hydrogen (secondary N) is 3. The van der Waals surface area contributed by atoms with Gasteiger partial charge in [-0.1, -0.05) is 121 Å². The van der Waals surface area contributed by atoms with Crippen molar-refractivity contribution < 1.29 is 0 Å². The summed E-state index contributed by atoms with van der Waals surface area (Å²) in [6, 6.07) is 50.3. The largest absolute Gasteiger partial charge is 0.366 e. The van der Waals surface area contributed by atoms with Gasteiger partial charge in [0.25, 0.3) is 0 Å². The zero-order valence-electron chi connectivity index (χ0n) is 23.8. The van der Waals surface area contributed by atoms with Gasteiger partial charge in [-0.05, 0) is 53.4 Å². The van der Waals surface area contributed by atoms with Gasteiger partial charge in [-0.2, -0.15) is 0 Å². The summed E-state index contributed by atoms with van der Waals surface area (Å²) in [6.07, 6.45) is -0.0128. The number of fused-ring (bicyclic) bond motifs is 4. The second-order valence-corrected chi connectivity index (χ2v) is 12.3. The van der Waals surface area contributed by atoms with E-state index in [1.807, 2.05) is 11.3 Å². The van der Waals surface area contributed by atoms with Crippen molar-refractivity contribution in [1.29, 1.82) is 0 Å². The summed E-state index contributed by atoms with van der Waals surface area (Å²) in [6.45, 7) is 2.13. The van der Waals surface area contributed by atoms with Gasteiger partial charge in [0.05, 0.1) is 16.4 Å². The van der Waals surface area contributed by atoms with Gasteiger partial charge in [-0.25, -0.2) is 0 Å². The molecule has 0 amide bonds. The van der Waals surface area contributed by atoms with Crippen molar-refractivity contribution >= 4 is 48.6 Å². The molecule has 2 heterocycles. The van der Waals surface area contributed by atoms with Crippen LogP contribution in [0.15, 0.2) is 140 Å². The molecule has 0 saturated carbocycles. The first-order chi connectivity index (χ1) is 21.2. The fourth-order valence-corrected chi connectivity index (χ4v) is 7.43. The lowest BCUT2D eigenvalue weighted by atomic mass is 9.93. The fourth-order valence-electron chi connectivity index (χ4n) is 6.22. The van der Waals surface area contributed by atoms with Crippen molar-refractivity contribution in [1.82, 2.24) is 5.32 Å². The summed E-state index contributed by atoms with van der Waals surface area (Å²) < 4.78 is 2.58. The van der Waals surface area contributed by atoms with Gasteiger partial charge in [0, 0.05) is 32.4 Å². The average molecular weight is 574 g/mol.